The average Bonchev–Trinajstić information content (AvgIpc) is 2.60. The highest BCUT2D eigenvalue weighted by Gasteiger charge is 2.46. The molecular weight excluding hydrogens is 228 g/mol. The molecular formula is C14H12N2O2. The van der Waals surface area contributed by atoms with E-state index >= 15 is 0 Å². The van der Waals surface area contributed by atoms with E-state index in [-0.39, 0.29) is 5.91 Å². The highest BCUT2D eigenvalue weighted by molar-refractivity contribution is 6.11. The number of carbonyl (C=O) groups is 1. The topological polar surface area (TPSA) is 53.4 Å². The maximum atomic E-state index is 12.3. The molecule has 3 rings (SSSR count). The van der Waals surface area contributed by atoms with Gasteiger partial charge in [-0.05, 0) is 25.1 Å². The van der Waals surface area contributed by atoms with Crippen LogP contribution in [0.2, 0.25) is 0 Å². The first kappa shape index (κ1) is 10.9. The Bertz CT molecular complexity index is 608. The lowest BCUT2D eigenvalue weighted by Crippen LogP contribution is -2.35. The van der Waals surface area contributed by atoms with Crippen molar-refractivity contribution in [2.45, 2.75) is 12.5 Å². The molecule has 2 heterocycles. The number of nitrogens with zero attached hydrogens (tertiary/aromatic N) is 2. The van der Waals surface area contributed by atoms with Gasteiger partial charge in [-0.3, -0.25) is 14.7 Å². The number of anilines is 2. The highest BCUT2D eigenvalue weighted by Crippen LogP contribution is 2.43. The minimum atomic E-state index is -1.48. The molecule has 2 aromatic rings. The van der Waals surface area contributed by atoms with Gasteiger partial charge in [0.05, 0.1) is 17.6 Å². The van der Waals surface area contributed by atoms with Crippen LogP contribution in [0.5, 0.6) is 0 Å². The number of benzene rings is 1. The third-order valence-electron chi connectivity index (χ3n) is 3.19. The maximum Gasteiger partial charge on any atom is 0.267 e. The van der Waals surface area contributed by atoms with Crippen molar-refractivity contribution >= 4 is 17.3 Å². The molecule has 4 nitrogen and oxygen atoms in total. The van der Waals surface area contributed by atoms with E-state index in [0.717, 1.165) is 0 Å². The van der Waals surface area contributed by atoms with Crippen molar-refractivity contribution in [3.05, 3.63) is 54.4 Å². The third kappa shape index (κ3) is 1.36. The van der Waals surface area contributed by atoms with Crippen molar-refractivity contribution in [3.8, 4) is 0 Å². The maximum absolute atomic E-state index is 12.3. The van der Waals surface area contributed by atoms with Crippen LogP contribution in [0.15, 0.2) is 48.8 Å². The number of hydrogen-bond acceptors (Lipinski definition) is 3. The summed E-state index contributed by atoms with van der Waals surface area (Å²) in [6, 6.07) is 10.8. The van der Waals surface area contributed by atoms with Crippen molar-refractivity contribution in [1.29, 1.82) is 0 Å². The first-order chi connectivity index (χ1) is 8.62. The van der Waals surface area contributed by atoms with E-state index in [0.29, 0.717) is 16.9 Å². The van der Waals surface area contributed by atoms with Crippen LogP contribution in [0.1, 0.15) is 12.5 Å². The monoisotopic (exact) mass is 240 g/mol. The van der Waals surface area contributed by atoms with Gasteiger partial charge in [-0.25, -0.2) is 0 Å². The molecule has 0 bridgehead atoms. The first-order valence-electron chi connectivity index (χ1n) is 5.69. The van der Waals surface area contributed by atoms with E-state index in [9.17, 15) is 9.90 Å². The summed E-state index contributed by atoms with van der Waals surface area (Å²) in [5.41, 5.74) is 0.513. The van der Waals surface area contributed by atoms with Gasteiger partial charge in [0.1, 0.15) is 0 Å². The van der Waals surface area contributed by atoms with Crippen LogP contribution in [-0.2, 0) is 10.4 Å². The zero-order valence-electron chi connectivity index (χ0n) is 9.87. The van der Waals surface area contributed by atoms with E-state index in [1.165, 1.54) is 11.8 Å². The summed E-state index contributed by atoms with van der Waals surface area (Å²) in [6.07, 6.45) is 3.25. The average molecular weight is 240 g/mol. The van der Waals surface area contributed by atoms with Gasteiger partial charge >= 0.3 is 0 Å². The zero-order chi connectivity index (χ0) is 12.8. The summed E-state index contributed by atoms with van der Waals surface area (Å²) in [6.45, 7) is 1.52. The number of amides is 1. The molecule has 1 N–H and O–H groups in total. The predicted molar refractivity (Wildman–Crippen MR) is 67.4 cm³/mol. The molecule has 0 saturated carbocycles. The van der Waals surface area contributed by atoms with Gasteiger partial charge in [-0.15, -0.1) is 0 Å². The van der Waals surface area contributed by atoms with Gasteiger partial charge in [-0.1, -0.05) is 18.2 Å². The van der Waals surface area contributed by atoms with E-state index in [1.807, 2.05) is 18.2 Å². The second-order valence-electron chi connectivity index (χ2n) is 4.44. The summed E-state index contributed by atoms with van der Waals surface area (Å²) in [4.78, 5) is 17.8. The number of rotatable bonds is 1. The zero-order valence-corrected chi connectivity index (χ0v) is 9.87. The fourth-order valence-electron chi connectivity index (χ4n) is 2.26. The SMILES string of the molecule is CC1(O)C(=O)N(c2cccnc2)c2ccccc21. The molecule has 4 heteroatoms. The lowest BCUT2D eigenvalue weighted by Gasteiger charge is -2.19. The lowest BCUT2D eigenvalue weighted by molar-refractivity contribution is -0.133. The van der Waals surface area contributed by atoms with Crippen LogP contribution in [0.25, 0.3) is 0 Å². The molecule has 1 atom stereocenters. The van der Waals surface area contributed by atoms with E-state index < -0.39 is 5.60 Å². The predicted octanol–water partition coefficient (Wildman–Crippen LogP) is 1.97. The Balaban J connectivity index is 2.21. The molecule has 1 unspecified atom stereocenters. The minimum absolute atomic E-state index is 0.350. The molecule has 0 saturated heterocycles. The fourth-order valence-corrected chi connectivity index (χ4v) is 2.26. The summed E-state index contributed by atoms with van der Waals surface area (Å²) < 4.78 is 0. The molecule has 1 aliphatic heterocycles. The van der Waals surface area contributed by atoms with Crippen LogP contribution in [0, 0.1) is 0 Å². The van der Waals surface area contributed by atoms with Gasteiger partial charge < -0.3 is 5.11 Å². The standard InChI is InChI=1S/C14H12N2O2/c1-14(18)11-6-2-3-7-12(11)16(13(14)17)10-5-4-8-15-9-10/h2-9,18H,1H3. The van der Waals surface area contributed by atoms with E-state index in [2.05, 4.69) is 4.98 Å². The number of aromatic nitrogens is 1. The molecule has 0 spiro atoms. The second kappa shape index (κ2) is 3.65. The number of carbonyl (C=O) groups excluding carboxylic acids is 1. The Kier molecular flexibility index (Phi) is 2.21. The Hall–Kier alpha value is -2.20. The number of hydrogen-bond donors (Lipinski definition) is 1. The van der Waals surface area contributed by atoms with Gasteiger partial charge in [0.25, 0.3) is 5.91 Å². The minimum Gasteiger partial charge on any atom is -0.375 e. The highest BCUT2D eigenvalue weighted by atomic mass is 16.3. The van der Waals surface area contributed by atoms with Crippen LogP contribution in [0.3, 0.4) is 0 Å². The van der Waals surface area contributed by atoms with Crippen molar-refractivity contribution < 1.29 is 9.90 Å². The van der Waals surface area contributed by atoms with Crippen molar-refractivity contribution in [3.63, 3.8) is 0 Å². The van der Waals surface area contributed by atoms with E-state index in [1.54, 1.807) is 30.6 Å². The van der Waals surface area contributed by atoms with Gasteiger partial charge in [0.2, 0.25) is 0 Å². The Morgan fingerprint density at radius 2 is 2.00 bits per heavy atom. The smallest absolute Gasteiger partial charge is 0.267 e. The largest absolute Gasteiger partial charge is 0.375 e. The normalized spacial score (nSPS) is 22.1. The summed E-state index contributed by atoms with van der Waals surface area (Å²) in [5, 5.41) is 10.3. The van der Waals surface area contributed by atoms with Crippen molar-refractivity contribution in [2.75, 3.05) is 4.90 Å². The van der Waals surface area contributed by atoms with Crippen LogP contribution < -0.4 is 4.90 Å². The molecule has 1 aromatic heterocycles. The third-order valence-corrected chi connectivity index (χ3v) is 3.19. The molecule has 1 amide bonds. The fraction of sp³-hybridized carbons (Fsp3) is 0.143. The number of pyridine rings is 1. The molecule has 0 radical (unpaired) electrons. The number of aliphatic hydroxyl groups is 1. The molecule has 1 aliphatic rings. The quantitative estimate of drug-likeness (QED) is 0.829. The van der Waals surface area contributed by atoms with Crippen LogP contribution >= 0.6 is 0 Å². The van der Waals surface area contributed by atoms with Crippen LogP contribution in [-0.4, -0.2) is 16.0 Å². The molecule has 0 fully saturated rings. The lowest BCUT2D eigenvalue weighted by atomic mass is 9.98. The molecule has 90 valence electrons. The first-order valence-corrected chi connectivity index (χ1v) is 5.69. The number of para-hydroxylation sites is 1. The Morgan fingerprint density at radius 3 is 2.72 bits per heavy atom. The van der Waals surface area contributed by atoms with Crippen molar-refractivity contribution in [1.82, 2.24) is 4.98 Å². The molecule has 0 aliphatic carbocycles. The van der Waals surface area contributed by atoms with E-state index in [4.69, 9.17) is 0 Å². The second-order valence-corrected chi connectivity index (χ2v) is 4.44. The Labute approximate surface area is 105 Å². The summed E-state index contributed by atoms with van der Waals surface area (Å²) in [7, 11) is 0. The number of fused-ring (bicyclic) bond motifs is 1. The molecule has 1 aromatic carbocycles. The molecule has 18 heavy (non-hydrogen) atoms. The summed E-state index contributed by atoms with van der Waals surface area (Å²) >= 11 is 0. The summed E-state index contributed by atoms with van der Waals surface area (Å²) in [5.74, 6) is -0.350. The van der Waals surface area contributed by atoms with Gasteiger partial charge in [0, 0.05) is 11.8 Å². The Morgan fingerprint density at radius 1 is 1.22 bits per heavy atom. The van der Waals surface area contributed by atoms with Crippen LogP contribution in [0.4, 0.5) is 11.4 Å². The van der Waals surface area contributed by atoms with Gasteiger partial charge in [-0.2, -0.15) is 0 Å². The van der Waals surface area contributed by atoms with Crippen molar-refractivity contribution in [2.24, 2.45) is 0 Å². The van der Waals surface area contributed by atoms with Gasteiger partial charge in [0.15, 0.2) is 5.60 Å².